The van der Waals surface area contributed by atoms with Crippen LogP contribution in [0.1, 0.15) is 38.7 Å². The molecule has 1 aliphatic heterocycles. The standard InChI is InChI=1S/C18H25NO3/c1-14(2)16(20)19-12-10-18(11-13-19,17(21)22)9-8-15-6-4-3-5-7-15/h3-7,14H,8-13H2,1-2H3,(H,21,22). The van der Waals surface area contributed by atoms with Crippen molar-refractivity contribution in [3.63, 3.8) is 0 Å². The van der Waals surface area contributed by atoms with Gasteiger partial charge in [0.1, 0.15) is 0 Å². The molecule has 1 saturated heterocycles. The zero-order valence-electron chi connectivity index (χ0n) is 13.4. The summed E-state index contributed by atoms with van der Waals surface area (Å²) in [5.41, 5.74) is 0.479. The third-order valence-corrected chi connectivity index (χ3v) is 4.71. The minimum atomic E-state index is -0.722. The zero-order chi connectivity index (χ0) is 16.2. The molecular formula is C18H25NO3. The second kappa shape index (κ2) is 6.95. The molecule has 1 N–H and O–H groups in total. The number of carbonyl (C=O) groups is 2. The fraction of sp³-hybridized carbons (Fsp3) is 0.556. The average Bonchev–Trinajstić information content (AvgIpc) is 2.53. The van der Waals surface area contributed by atoms with Crippen LogP contribution >= 0.6 is 0 Å². The number of amides is 1. The summed E-state index contributed by atoms with van der Waals surface area (Å²) in [6.07, 6.45) is 2.50. The number of aliphatic carboxylic acids is 1. The summed E-state index contributed by atoms with van der Waals surface area (Å²) in [6.45, 7) is 4.88. The van der Waals surface area contributed by atoms with Crippen LogP contribution in [0, 0.1) is 11.3 Å². The Morgan fingerprint density at radius 2 is 1.77 bits per heavy atom. The molecule has 0 atom stereocenters. The van der Waals surface area contributed by atoms with Crippen LogP contribution in [0.4, 0.5) is 0 Å². The van der Waals surface area contributed by atoms with Gasteiger partial charge < -0.3 is 10.0 Å². The highest BCUT2D eigenvalue weighted by Gasteiger charge is 2.42. The summed E-state index contributed by atoms with van der Waals surface area (Å²) >= 11 is 0. The molecule has 1 aromatic rings. The number of rotatable bonds is 5. The Morgan fingerprint density at radius 1 is 1.18 bits per heavy atom. The summed E-state index contributed by atoms with van der Waals surface area (Å²) < 4.78 is 0. The molecule has 4 heteroatoms. The number of piperidine rings is 1. The van der Waals surface area contributed by atoms with Crippen LogP contribution in [-0.2, 0) is 16.0 Å². The molecule has 0 bridgehead atoms. The van der Waals surface area contributed by atoms with E-state index in [9.17, 15) is 14.7 Å². The Morgan fingerprint density at radius 3 is 2.27 bits per heavy atom. The summed E-state index contributed by atoms with van der Waals surface area (Å²) in [6, 6.07) is 9.99. The van der Waals surface area contributed by atoms with E-state index in [4.69, 9.17) is 0 Å². The fourth-order valence-electron chi connectivity index (χ4n) is 3.12. The molecule has 22 heavy (non-hydrogen) atoms. The lowest BCUT2D eigenvalue weighted by atomic mass is 9.74. The molecule has 0 unspecified atom stereocenters. The van der Waals surface area contributed by atoms with Crippen molar-refractivity contribution in [3.8, 4) is 0 Å². The molecule has 1 heterocycles. The summed E-state index contributed by atoms with van der Waals surface area (Å²) in [5, 5.41) is 9.70. The molecule has 0 saturated carbocycles. The van der Waals surface area contributed by atoms with Gasteiger partial charge in [-0.05, 0) is 31.2 Å². The lowest BCUT2D eigenvalue weighted by Gasteiger charge is -2.39. The highest BCUT2D eigenvalue weighted by molar-refractivity contribution is 5.79. The highest BCUT2D eigenvalue weighted by Crippen LogP contribution is 2.37. The number of nitrogens with zero attached hydrogens (tertiary/aromatic N) is 1. The van der Waals surface area contributed by atoms with Crippen molar-refractivity contribution >= 4 is 11.9 Å². The second-order valence-electron chi connectivity index (χ2n) is 6.55. The molecule has 1 amide bonds. The fourth-order valence-corrected chi connectivity index (χ4v) is 3.12. The first-order chi connectivity index (χ1) is 10.4. The molecule has 1 aliphatic rings. The Labute approximate surface area is 132 Å². The molecule has 4 nitrogen and oxygen atoms in total. The summed E-state index contributed by atoms with van der Waals surface area (Å²) in [5.74, 6) is -0.622. The van der Waals surface area contributed by atoms with Crippen LogP contribution in [0.2, 0.25) is 0 Å². The average molecular weight is 303 g/mol. The van der Waals surface area contributed by atoms with Gasteiger partial charge in [0, 0.05) is 19.0 Å². The maximum atomic E-state index is 12.0. The Balaban J connectivity index is 1.99. The second-order valence-corrected chi connectivity index (χ2v) is 6.55. The quantitative estimate of drug-likeness (QED) is 0.910. The number of carboxylic acid groups (broad SMARTS) is 1. The largest absolute Gasteiger partial charge is 0.481 e. The van der Waals surface area contributed by atoms with E-state index in [0.29, 0.717) is 32.4 Å². The number of hydrogen-bond acceptors (Lipinski definition) is 2. The van der Waals surface area contributed by atoms with E-state index in [1.54, 1.807) is 0 Å². The normalized spacial score (nSPS) is 17.5. The zero-order valence-corrected chi connectivity index (χ0v) is 13.4. The maximum absolute atomic E-state index is 12.0. The van der Waals surface area contributed by atoms with Crippen LogP contribution in [0.3, 0.4) is 0 Å². The number of likely N-dealkylation sites (tertiary alicyclic amines) is 1. The predicted octanol–water partition coefficient (Wildman–Crippen LogP) is 2.97. The van der Waals surface area contributed by atoms with Crippen molar-refractivity contribution in [1.29, 1.82) is 0 Å². The molecule has 0 radical (unpaired) electrons. The number of benzene rings is 1. The topological polar surface area (TPSA) is 57.6 Å². The molecule has 2 rings (SSSR count). The van der Waals surface area contributed by atoms with Gasteiger partial charge in [-0.2, -0.15) is 0 Å². The van der Waals surface area contributed by atoms with E-state index in [0.717, 1.165) is 6.42 Å². The van der Waals surface area contributed by atoms with Gasteiger partial charge in [-0.1, -0.05) is 44.2 Å². The van der Waals surface area contributed by atoms with Gasteiger partial charge in [0.25, 0.3) is 0 Å². The van der Waals surface area contributed by atoms with E-state index >= 15 is 0 Å². The first-order valence-electron chi connectivity index (χ1n) is 8.01. The van der Waals surface area contributed by atoms with E-state index in [1.807, 2.05) is 49.1 Å². The van der Waals surface area contributed by atoms with Crippen LogP contribution < -0.4 is 0 Å². The lowest BCUT2D eigenvalue weighted by Crippen LogP contribution is -2.47. The van der Waals surface area contributed by atoms with E-state index < -0.39 is 11.4 Å². The molecule has 0 aliphatic carbocycles. The van der Waals surface area contributed by atoms with Crippen LogP contribution in [0.5, 0.6) is 0 Å². The summed E-state index contributed by atoms with van der Waals surface area (Å²) in [4.78, 5) is 25.7. The number of aryl methyl sites for hydroxylation is 1. The van der Waals surface area contributed by atoms with Gasteiger partial charge in [0.15, 0.2) is 0 Å². The Bertz CT molecular complexity index is 516. The van der Waals surface area contributed by atoms with Crippen LogP contribution in [0.25, 0.3) is 0 Å². The molecular weight excluding hydrogens is 278 g/mol. The van der Waals surface area contributed by atoms with E-state index in [-0.39, 0.29) is 11.8 Å². The van der Waals surface area contributed by atoms with Gasteiger partial charge >= 0.3 is 5.97 Å². The van der Waals surface area contributed by atoms with Crippen molar-refractivity contribution in [3.05, 3.63) is 35.9 Å². The minimum Gasteiger partial charge on any atom is -0.481 e. The lowest BCUT2D eigenvalue weighted by molar-refractivity contribution is -0.155. The van der Waals surface area contributed by atoms with Crippen LogP contribution in [-0.4, -0.2) is 35.0 Å². The van der Waals surface area contributed by atoms with Crippen molar-refractivity contribution in [2.45, 2.75) is 39.5 Å². The number of carbonyl (C=O) groups excluding carboxylic acids is 1. The Hall–Kier alpha value is -1.84. The number of hydrogen-bond donors (Lipinski definition) is 1. The minimum absolute atomic E-state index is 0.0263. The van der Waals surface area contributed by atoms with Crippen LogP contribution in [0.15, 0.2) is 30.3 Å². The molecule has 0 spiro atoms. The van der Waals surface area contributed by atoms with Gasteiger partial charge in [0.2, 0.25) is 5.91 Å². The van der Waals surface area contributed by atoms with Crippen molar-refractivity contribution in [1.82, 2.24) is 4.90 Å². The third kappa shape index (κ3) is 3.67. The maximum Gasteiger partial charge on any atom is 0.309 e. The van der Waals surface area contributed by atoms with Gasteiger partial charge in [0.05, 0.1) is 5.41 Å². The third-order valence-electron chi connectivity index (χ3n) is 4.71. The predicted molar refractivity (Wildman–Crippen MR) is 85.5 cm³/mol. The monoisotopic (exact) mass is 303 g/mol. The summed E-state index contributed by atoms with van der Waals surface area (Å²) in [7, 11) is 0. The first kappa shape index (κ1) is 16.5. The van der Waals surface area contributed by atoms with E-state index in [1.165, 1.54) is 5.56 Å². The van der Waals surface area contributed by atoms with Gasteiger partial charge in [-0.15, -0.1) is 0 Å². The van der Waals surface area contributed by atoms with E-state index in [2.05, 4.69) is 0 Å². The highest BCUT2D eigenvalue weighted by atomic mass is 16.4. The Kier molecular flexibility index (Phi) is 5.22. The van der Waals surface area contributed by atoms with Gasteiger partial charge in [-0.3, -0.25) is 9.59 Å². The van der Waals surface area contributed by atoms with Crippen molar-refractivity contribution in [2.24, 2.45) is 11.3 Å². The molecule has 1 fully saturated rings. The molecule has 0 aromatic heterocycles. The van der Waals surface area contributed by atoms with Crippen molar-refractivity contribution in [2.75, 3.05) is 13.1 Å². The van der Waals surface area contributed by atoms with Gasteiger partial charge in [-0.25, -0.2) is 0 Å². The molecule has 1 aromatic carbocycles. The SMILES string of the molecule is CC(C)C(=O)N1CCC(CCc2ccccc2)(C(=O)O)CC1. The number of carboxylic acids is 1. The first-order valence-corrected chi connectivity index (χ1v) is 8.01. The molecule has 120 valence electrons. The smallest absolute Gasteiger partial charge is 0.309 e. The van der Waals surface area contributed by atoms with Crippen molar-refractivity contribution < 1.29 is 14.7 Å².